The zero-order valence-electron chi connectivity index (χ0n) is 10.4. The minimum atomic E-state index is 0.0252. The number of nitrogens with two attached hydrogens (primary N) is 1. The second kappa shape index (κ2) is 7.24. The largest absolute Gasteiger partial charge is 0.358 e. The zero-order chi connectivity index (χ0) is 12.7. The molecule has 0 aliphatic carbocycles. The molecule has 1 aliphatic heterocycles. The number of nitrogens with one attached hydrogen (secondary N) is 2. The highest BCUT2D eigenvalue weighted by molar-refractivity contribution is 5.77. The molecule has 0 bridgehead atoms. The highest BCUT2D eigenvalue weighted by Gasteiger charge is 2.21. The number of likely N-dealkylation sites (N-methyl/N-ethyl adjacent to an activating group) is 1. The Kier molecular flexibility index (Phi) is 5.93. The van der Waals surface area contributed by atoms with Crippen LogP contribution in [0.3, 0.4) is 0 Å². The standard InChI is InChI=1S/C11H22N4O2/c1-13-11(17)8-15-6-3-9(4-7-15)14-10(16)2-5-12/h9H,2-8,12H2,1H3,(H,13,17)(H,14,16). The molecule has 0 spiro atoms. The first-order valence-corrected chi connectivity index (χ1v) is 6.08. The maximum absolute atomic E-state index is 11.3. The summed E-state index contributed by atoms with van der Waals surface area (Å²) in [6, 6.07) is 0.231. The zero-order valence-corrected chi connectivity index (χ0v) is 10.4. The van der Waals surface area contributed by atoms with Crippen LogP contribution < -0.4 is 16.4 Å². The lowest BCUT2D eigenvalue weighted by molar-refractivity contribution is -0.123. The van der Waals surface area contributed by atoms with Crippen LogP contribution in [0.25, 0.3) is 0 Å². The molecule has 1 fully saturated rings. The highest BCUT2D eigenvalue weighted by Crippen LogP contribution is 2.09. The van der Waals surface area contributed by atoms with Crippen molar-refractivity contribution in [2.75, 3.05) is 33.2 Å². The number of hydrogen-bond acceptors (Lipinski definition) is 4. The summed E-state index contributed by atoms with van der Waals surface area (Å²) >= 11 is 0. The normalized spacial score (nSPS) is 17.8. The Morgan fingerprint density at radius 1 is 1.29 bits per heavy atom. The van der Waals surface area contributed by atoms with Crippen molar-refractivity contribution >= 4 is 11.8 Å². The van der Waals surface area contributed by atoms with E-state index in [1.165, 1.54) is 0 Å². The molecule has 0 unspecified atom stereocenters. The van der Waals surface area contributed by atoms with E-state index < -0.39 is 0 Å². The van der Waals surface area contributed by atoms with E-state index in [0.29, 0.717) is 19.5 Å². The van der Waals surface area contributed by atoms with E-state index in [-0.39, 0.29) is 17.9 Å². The van der Waals surface area contributed by atoms with E-state index in [4.69, 9.17) is 5.73 Å². The van der Waals surface area contributed by atoms with Gasteiger partial charge in [0, 0.05) is 39.1 Å². The van der Waals surface area contributed by atoms with Gasteiger partial charge in [-0.1, -0.05) is 0 Å². The number of nitrogens with zero attached hydrogens (tertiary/aromatic N) is 1. The molecule has 1 aliphatic rings. The number of likely N-dealkylation sites (tertiary alicyclic amines) is 1. The topological polar surface area (TPSA) is 87.5 Å². The van der Waals surface area contributed by atoms with Crippen LogP contribution >= 0.6 is 0 Å². The van der Waals surface area contributed by atoms with Gasteiger partial charge in [-0.25, -0.2) is 0 Å². The van der Waals surface area contributed by atoms with Gasteiger partial charge in [-0.05, 0) is 12.8 Å². The highest BCUT2D eigenvalue weighted by atomic mass is 16.2. The minimum absolute atomic E-state index is 0.0252. The lowest BCUT2D eigenvalue weighted by Gasteiger charge is -2.31. The van der Waals surface area contributed by atoms with Crippen LogP contribution in [-0.4, -0.2) is 56.0 Å². The van der Waals surface area contributed by atoms with Crippen LogP contribution in [0.2, 0.25) is 0 Å². The molecule has 17 heavy (non-hydrogen) atoms. The first-order chi connectivity index (χ1) is 8.15. The van der Waals surface area contributed by atoms with Crippen LogP contribution in [0.4, 0.5) is 0 Å². The van der Waals surface area contributed by atoms with E-state index in [1.807, 2.05) is 0 Å². The first kappa shape index (κ1) is 13.9. The molecular weight excluding hydrogens is 220 g/mol. The van der Waals surface area contributed by atoms with Crippen molar-refractivity contribution in [2.24, 2.45) is 5.73 Å². The fourth-order valence-corrected chi connectivity index (χ4v) is 1.95. The van der Waals surface area contributed by atoms with E-state index >= 15 is 0 Å². The van der Waals surface area contributed by atoms with Gasteiger partial charge in [0.05, 0.1) is 6.54 Å². The third-order valence-corrected chi connectivity index (χ3v) is 2.97. The second-order valence-corrected chi connectivity index (χ2v) is 4.33. The smallest absolute Gasteiger partial charge is 0.233 e. The van der Waals surface area contributed by atoms with E-state index in [9.17, 15) is 9.59 Å². The lowest BCUT2D eigenvalue weighted by atomic mass is 10.0. The fourth-order valence-electron chi connectivity index (χ4n) is 1.95. The Balaban J connectivity index is 2.21. The molecule has 0 radical (unpaired) electrons. The van der Waals surface area contributed by atoms with Gasteiger partial charge in [0.25, 0.3) is 0 Å². The van der Waals surface area contributed by atoms with Crippen LogP contribution in [0.15, 0.2) is 0 Å². The predicted molar refractivity (Wildman–Crippen MR) is 65.3 cm³/mol. The van der Waals surface area contributed by atoms with Crippen molar-refractivity contribution in [2.45, 2.75) is 25.3 Å². The Labute approximate surface area is 102 Å². The molecule has 0 aromatic rings. The SMILES string of the molecule is CNC(=O)CN1CCC(NC(=O)CCN)CC1. The molecule has 1 rings (SSSR count). The van der Waals surface area contributed by atoms with E-state index in [1.54, 1.807) is 7.05 Å². The molecular formula is C11H22N4O2. The van der Waals surface area contributed by atoms with Gasteiger partial charge in [0.2, 0.25) is 11.8 Å². The fraction of sp³-hybridized carbons (Fsp3) is 0.818. The molecule has 6 heteroatoms. The molecule has 0 aromatic carbocycles. The number of amides is 2. The monoisotopic (exact) mass is 242 g/mol. The number of carbonyl (C=O) groups excluding carboxylic acids is 2. The number of hydrogen-bond donors (Lipinski definition) is 3. The summed E-state index contributed by atoms with van der Waals surface area (Å²) in [5, 5.41) is 5.57. The molecule has 2 amide bonds. The van der Waals surface area contributed by atoms with Crippen LogP contribution in [0.1, 0.15) is 19.3 Å². The van der Waals surface area contributed by atoms with Crippen molar-refractivity contribution in [3.63, 3.8) is 0 Å². The molecule has 0 atom stereocenters. The summed E-state index contributed by atoms with van der Waals surface area (Å²) in [7, 11) is 1.64. The third kappa shape index (κ3) is 5.14. The summed E-state index contributed by atoms with van der Waals surface area (Å²) in [6.07, 6.45) is 2.18. The molecule has 98 valence electrons. The Morgan fingerprint density at radius 3 is 2.47 bits per heavy atom. The first-order valence-electron chi connectivity index (χ1n) is 6.08. The number of rotatable bonds is 5. The van der Waals surface area contributed by atoms with Crippen molar-refractivity contribution in [1.29, 1.82) is 0 Å². The van der Waals surface area contributed by atoms with Crippen molar-refractivity contribution in [3.8, 4) is 0 Å². The summed E-state index contributed by atoms with van der Waals surface area (Å²) in [5.41, 5.74) is 5.31. The molecule has 1 heterocycles. The molecule has 0 saturated carbocycles. The van der Waals surface area contributed by atoms with Gasteiger partial charge in [-0.2, -0.15) is 0 Å². The third-order valence-electron chi connectivity index (χ3n) is 2.97. The van der Waals surface area contributed by atoms with E-state index in [0.717, 1.165) is 25.9 Å². The quantitative estimate of drug-likeness (QED) is 0.557. The van der Waals surface area contributed by atoms with Crippen LogP contribution in [0.5, 0.6) is 0 Å². The maximum Gasteiger partial charge on any atom is 0.233 e. The van der Waals surface area contributed by atoms with Gasteiger partial charge in [-0.15, -0.1) is 0 Å². The number of carbonyl (C=O) groups is 2. The van der Waals surface area contributed by atoms with Crippen molar-refractivity contribution in [3.05, 3.63) is 0 Å². The Morgan fingerprint density at radius 2 is 1.94 bits per heavy atom. The number of piperidine rings is 1. The summed E-state index contributed by atoms with van der Waals surface area (Å²) in [6.45, 7) is 2.53. The van der Waals surface area contributed by atoms with Gasteiger partial charge in [0.15, 0.2) is 0 Å². The second-order valence-electron chi connectivity index (χ2n) is 4.33. The minimum Gasteiger partial charge on any atom is -0.358 e. The van der Waals surface area contributed by atoms with Crippen LogP contribution in [-0.2, 0) is 9.59 Å². The summed E-state index contributed by atoms with van der Waals surface area (Å²) in [4.78, 5) is 24.6. The Hall–Kier alpha value is -1.14. The van der Waals surface area contributed by atoms with Gasteiger partial charge < -0.3 is 16.4 Å². The average Bonchev–Trinajstić information content (AvgIpc) is 2.32. The molecule has 1 saturated heterocycles. The average molecular weight is 242 g/mol. The van der Waals surface area contributed by atoms with Crippen molar-refractivity contribution < 1.29 is 9.59 Å². The van der Waals surface area contributed by atoms with Gasteiger partial charge >= 0.3 is 0 Å². The molecule has 6 nitrogen and oxygen atoms in total. The summed E-state index contributed by atoms with van der Waals surface area (Å²) in [5.74, 6) is 0.0628. The van der Waals surface area contributed by atoms with Gasteiger partial charge in [0.1, 0.15) is 0 Å². The van der Waals surface area contributed by atoms with Crippen LogP contribution in [0, 0.1) is 0 Å². The Bertz CT molecular complexity index is 262. The van der Waals surface area contributed by atoms with Gasteiger partial charge in [-0.3, -0.25) is 14.5 Å². The maximum atomic E-state index is 11.3. The predicted octanol–water partition coefficient (Wildman–Crippen LogP) is -1.34. The van der Waals surface area contributed by atoms with E-state index in [2.05, 4.69) is 15.5 Å². The molecule has 0 aromatic heterocycles. The molecule has 4 N–H and O–H groups in total. The van der Waals surface area contributed by atoms with Crippen molar-refractivity contribution in [1.82, 2.24) is 15.5 Å². The summed E-state index contributed by atoms with van der Waals surface area (Å²) < 4.78 is 0. The lowest BCUT2D eigenvalue weighted by Crippen LogP contribution is -2.47.